The average molecular weight is 332 g/mol. The SMILES string of the molecule is COc1ccc(O)c(C(=O)OCC(=O)NC2(C#N)CCCCC2)c1. The summed E-state index contributed by atoms with van der Waals surface area (Å²) in [6, 6.07) is 6.30. The molecule has 1 aliphatic carbocycles. The van der Waals surface area contributed by atoms with Crippen molar-refractivity contribution in [2.45, 2.75) is 37.6 Å². The van der Waals surface area contributed by atoms with Gasteiger partial charge in [0.25, 0.3) is 5.91 Å². The topological polar surface area (TPSA) is 109 Å². The zero-order chi connectivity index (χ0) is 17.6. The number of amides is 1. The maximum Gasteiger partial charge on any atom is 0.342 e. The number of nitriles is 1. The van der Waals surface area contributed by atoms with Gasteiger partial charge in [0.2, 0.25) is 0 Å². The lowest BCUT2D eigenvalue weighted by atomic mass is 9.83. The normalized spacial score (nSPS) is 15.8. The molecule has 1 aromatic carbocycles. The van der Waals surface area contributed by atoms with Gasteiger partial charge >= 0.3 is 5.97 Å². The number of hydrogen-bond acceptors (Lipinski definition) is 6. The van der Waals surface area contributed by atoms with Crippen LogP contribution in [0.2, 0.25) is 0 Å². The third kappa shape index (κ3) is 4.16. The number of ether oxygens (including phenoxy) is 2. The summed E-state index contributed by atoms with van der Waals surface area (Å²) in [6.07, 6.45) is 4.00. The number of carbonyl (C=O) groups excluding carboxylic acids is 2. The second kappa shape index (κ2) is 7.68. The molecule has 1 amide bonds. The van der Waals surface area contributed by atoms with E-state index in [0.29, 0.717) is 18.6 Å². The Morgan fingerprint density at radius 3 is 2.67 bits per heavy atom. The van der Waals surface area contributed by atoms with E-state index in [1.54, 1.807) is 0 Å². The molecule has 1 aromatic rings. The van der Waals surface area contributed by atoms with E-state index in [1.807, 2.05) is 0 Å². The van der Waals surface area contributed by atoms with E-state index in [0.717, 1.165) is 19.3 Å². The Bertz CT molecular complexity index is 659. The molecule has 0 aliphatic heterocycles. The quantitative estimate of drug-likeness (QED) is 0.797. The summed E-state index contributed by atoms with van der Waals surface area (Å²) in [7, 11) is 1.43. The Kier molecular flexibility index (Phi) is 5.64. The van der Waals surface area contributed by atoms with E-state index >= 15 is 0 Å². The van der Waals surface area contributed by atoms with Crippen LogP contribution in [0.3, 0.4) is 0 Å². The number of aromatic hydroxyl groups is 1. The summed E-state index contributed by atoms with van der Waals surface area (Å²) >= 11 is 0. The molecule has 0 aromatic heterocycles. The van der Waals surface area contributed by atoms with Crippen LogP contribution < -0.4 is 10.1 Å². The molecule has 7 heteroatoms. The predicted octanol–water partition coefficient (Wildman–Crippen LogP) is 1.90. The van der Waals surface area contributed by atoms with Gasteiger partial charge in [-0.1, -0.05) is 19.3 Å². The molecule has 24 heavy (non-hydrogen) atoms. The summed E-state index contributed by atoms with van der Waals surface area (Å²) in [4.78, 5) is 24.0. The van der Waals surface area contributed by atoms with Crippen molar-refractivity contribution in [2.24, 2.45) is 0 Å². The largest absolute Gasteiger partial charge is 0.507 e. The molecule has 1 aliphatic rings. The van der Waals surface area contributed by atoms with Crippen molar-refractivity contribution in [3.05, 3.63) is 23.8 Å². The third-order valence-corrected chi connectivity index (χ3v) is 4.06. The second-order valence-corrected chi connectivity index (χ2v) is 5.76. The molecule has 0 bridgehead atoms. The summed E-state index contributed by atoms with van der Waals surface area (Å²) in [5.41, 5.74) is -0.963. The average Bonchev–Trinajstić information content (AvgIpc) is 2.61. The number of methoxy groups -OCH3 is 1. The maximum absolute atomic E-state index is 12.0. The van der Waals surface area contributed by atoms with Crippen molar-refractivity contribution in [1.82, 2.24) is 5.32 Å². The van der Waals surface area contributed by atoms with E-state index in [4.69, 9.17) is 9.47 Å². The van der Waals surface area contributed by atoms with Gasteiger partial charge in [-0.3, -0.25) is 4.79 Å². The molecular formula is C17H20N2O5. The van der Waals surface area contributed by atoms with Gasteiger partial charge < -0.3 is 19.9 Å². The van der Waals surface area contributed by atoms with E-state index in [9.17, 15) is 20.0 Å². The molecule has 128 valence electrons. The van der Waals surface area contributed by atoms with Gasteiger partial charge in [0.1, 0.15) is 22.6 Å². The van der Waals surface area contributed by atoms with E-state index < -0.39 is 24.0 Å². The molecule has 2 N–H and O–H groups in total. The van der Waals surface area contributed by atoms with E-state index in [2.05, 4.69) is 11.4 Å². The minimum absolute atomic E-state index is 0.0881. The highest BCUT2D eigenvalue weighted by Gasteiger charge is 2.33. The molecule has 0 spiro atoms. The Labute approximate surface area is 140 Å². The summed E-state index contributed by atoms with van der Waals surface area (Å²) < 4.78 is 9.90. The van der Waals surface area contributed by atoms with Crippen molar-refractivity contribution in [2.75, 3.05) is 13.7 Å². The van der Waals surface area contributed by atoms with Crippen LogP contribution >= 0.6 is 0 Å². The molecule has 7 nitrogen and oxygen atoms in total. The predicted molar refractivity (Wildman–Crippen MR) is 84.5 cm³/mol. The van der Waals surface area contributed by atoms with Crippen LogP contribution in [0.15, 0.2) is 18.2 Å². The molecule has 0 unspecified atom stereocenters. The molecule has 0 atom stereocenters. The summed E-state index contributed by atoms with van der Waals surface area (Å²) in [5.74, 6) is -1.25. The van der Waals surface area contributed by atoms with E-state index in [1.165, 1.54) is 25.3 Å². The molecule has 1 saturated carbocycles. The first-order valence-electron chi connectivity index (χ1n) is 7.76. The molecule has 2 rings (SSSR count). The van der Waals surface area contributed by atoms with Crippen LogP contribution in [-0.4, -0.2) is 36.2 Å². The van der Waals surface area contributed by atoms with E-state index in [-0.39, 0.29) is 11.3 Å². The standard InChI is InChI=1S/C17H20N2O5/c1-23-12-5-6-14(20)13(9-12)16(22)24-10-15(21)19-17(11-18)7-3-2-4-8-17/h5-6,9,20H,2-4,7-8,10H2,1H3,(H,19,21). The van der Waals surface area contributed by atoms with Gasteiger partial charge in [0.05, 0.1) is 13.2 Å². The number of carbonyl (C=O) groups is 2. The third-order valence-electron chi connectivity index (χ3n) is 4.06. The highest BCUT2D eigenvalue weighted by molar-refractivity contribution is 5.94. The van der Waals surface area contributed by atoms with Crippen LogP contribution in [0.25, 0.3) is 0 Å². The number of nitrogens with zero attached hydrogens (tertiary/aromatic N) is 1. The fourth-order valence-corrected chi connectivity index (χ4v) is 2.74. The smallest absolute Gasteiger partial charge is 0.342 e. The Balaban J connectivity index is 1.94. The Hall–Kier alpha value is -2.75. The summed E-state index contributed by atoms with van der Waals surface area (Å²) in [5, 5.41) is 21.7. The van der Waals surface area contributed by atoms with Crippen LogP contribution in [0.5, 0.6) is 11.5 Å². The van der Waals surface area contributed by atoms with Gasteiger partial charge in [-0.15, -0.1) is 0 Å². The first-order valence-corrected chi connectivity index (χ1v) is 7.76. The minimum Gasteiger partial charge on any atom is -0.507 e. The van der Waals surface area contributed by atoms with Gasteiger partial charge in [0.15, 0.2) is 6.61 Å². The van der Waals surface area contributed by atoms with Crippen molar-refractivity contribution < 1.29 is 24.2 Å². The maximum atomic E-state index is 12.0. The molecule has 1 fully saturated rings. The number of nitrogens with one attached hydrogen (secondary N) is 1. The van der Waals surface area contributed by atoms with Gasteiger partial charge in [-0.05, 0) is 31.0 Å². The number of benzene rings is 1. The lowest BCUT2D eigenvalue weighted by Gasteiger charge is -2.31. The molecular weight excluding hydrogens is 312 g/mol. The van der Waals surface area contributed by atoms with Crippen molar-refractivity contribution >= 4 is 11.9 Å². The van der Waals surface area contributed by atoms with Crippen molar-refractivity contribution in [3.63, 3.8) is 0 Å². The summed E-state index contributed by atoms with van der Waals surface area (Å²) in [6.45, 7) is -0.515. The van der Waals surface area contributed by atoms with Crippen molar-refractivity contribution in [3.8, 4) is 17.6 Å². The van der Waals surface area contributed by atoms with Gasteiger partial charge in [-0.2, -0.15) is 5.26 Å². The number of phenols is 1. The molecule has 0 saturated heterocycles. The number of esters is 1. The number of phenolic OH excluding ortho intramolecular Hbond substituents is 1. The Morgan fingerprint density at radius 1 is 1.33 bits per heavy atom. The number of hydrogen-bond donors (Lipinski definition) is 2. The van der Waals surface area contributed by atoms with Crippen LogP contribution in [0.4, 0.5) is 0 Å². The minimum atomic E-state index is -0.875. The lowest BCUT2D eigenvalue weighted by molar-refractivity contribution is -0.125. The molecule has 0 radical (unpaired) electrons. The van der Waals surface area contributed by atoms with Gasteiger partial charge in [-0.25, -0.2) is 4.79 Å². The van der Waals surface area contributed by atoms with Crippen LogP contribution in [0.1, 0.15) is 42.5 Å². The first-order chi connectivity index (χ1) is 11.5. The fourth-order valence-electron chi connectivity index (χ4n) is 2.74. The Morgan fingerprint density at radius 2 is 2.04 bits per heavy atom. The fraction of sp³-hybridized carbons (Fsp3) is 0.471. The van der Waals surface area contributed by atoms with Crippen molar-refractivity contribution in [1.29, 1.82) is 5.26 Å². The highest BCUT2D eigenvalue weighted by Crippen LogP contribution is 2.27. The van der Waals surface area contributed by atoms with Crippen LogP contribution in [0, 0.1) is 11.3 Å². The first kappa shape index (κ1) is 17.6. The second-order valence-electron chi connectivity index (χ2n) is 5.76. The van der Waals surface area contributed by atoms with Crippen LogP contribution in [-0.2, 0) is 9.53 Å². The highest BCUT2D eigenvalue weighted by atomic mass is 16.5. The monoisotopic (exact) mass is 332 g/mol. The zero-order valence-corrected chi connectivity index (χ0v) is 13.5. The van der Waals surface area contributed by atoms with Gasteiger partial charge in [0, 0.05) is 0 Å². The zero-order valence-electron chi connectivity index (χ0n) is 13.5. The number of rotatable bonds is 5. The lowest BCUT2D eigenvalue weighted by Crippen LogP contribution is -2.50. The molecule has 0 heterocycles.